The minimum atomic E-state index is -0.777. The van der Waals surface area contributed by atoms with Gasteiger partial charge in [0.2, 0.25) is 17.7 Å². The zero-order chi connectivity index (χ0) is 33.3. The van der Waals surface area contributed by atoms with E-state index in [2.05, 4.69) is 38.7 Å². The summed E-state index contributed by atoms with van der Waals surface area (Å²) in [4.78, 5) is 68.9. The Morgan fingerprint density at radius 2 is 1.64 bits per heavy atom. The van der Waals surface area contributed by atoms with Crippen LogP contribution in [0.5, 0.6) is 0 Å². The second-order valence-electron chi connectivity index (χ2n) is 12.5. The minimum absolute atomic E-state index is 0.149. The van der Waals surface area contributed by atoms with Crippen LogP contribution in [0.15, 0.2) is 78.9 Å². The molecule has 0 radical (unpaired) electrons. The molecular weight excluding hydrogens is 660 g/mol. The number of allylic oxidation sites excluding steroid dienone is 4. The Labute approximate surface area is 285 Å². The molecule has 5 amide bonds. The molecule has 0 saturated carbocycles. The molecule has 5 rings (SSSR count). The summed E-state index contributed by atoms with van der Waals surface area (Å²) < 4.78 is 0. The fourth-order valence-electron chi connectivity index (χ4n) is 6.81. The van der Waals surface area contributed by atoms with Gasteiger partial charge in [0, 0.05) is 26.1 Å². The molecule has 9 nitrogen and oxygen atoms in total. The van der Waals surface area contributed by atoms with Gasteiger partial charge in [-0.25, -0.2) is 0 Å². The summed E-state index contributed by atoms with van der Waals surface area (Å²) in [6.07, 6.45) is 12.4. The van der Waals surface area contributed by atoms with Crippen molar-refractivity contribution in [2.75, 3.05) is 19.6 Å². The maximum absolute atomic E-state index is 14.2. The molecule has 2 N–H and O–H groups in total. The first kappa shape index (κ1) is 34.3. The lowest BCUT2D eigenvalue weighted by molar-refractivity contribution is -0.142. The SMILES string of the molecule is CCNC(=O)[C@H](Cc1ccccc1)N1CC[C@H](C2C=CC=CC2)CC(NC(=O)C(Br)CCCCN2C(=O)c3ccccc3C2=O)C1=O. The lowest BCUT2D eigenvalue weighted by Crippen LogP contribution is -2.56. The molecule has 1 fully saturated rings. The number of hydrogen-bond acceptors (Lipinski definition) is 5. The van der Waals surface area contributed by atoms with Gasteiger partial charge in [0.25, 0.3) is 11.8 Å². The van der Waals surface area contributed by atoms with Crippen molar-refractivity contribution in [1.82, 2.24) is 20.4 Å². The molecule has 3 aliphatic rings. The van der Waals surface area contributed by atoms with Gasteiger partial charge in [0.15, 0.2) is 0 Å². The van der Waals surface area contributed by atoms with Crippen molar-refractivity contribution in [2.45, 2.75) is 68.8 Å². The summed E-state index contributed by atoms with van der Waals surface area (Å²) in [5.41, 5.74) is 1.81. The van der Waals surface area contributed by atoms with Gasteiger partial charge >= 0.3 is 0 Å². The molecule has 248 valence electrons. The quantitative estimate of drug-likeness (QED) is 0.177. The molecular formula is C37H43BrN4O5. The number of hydrogen-bond donors (Lipinski definition) is 2. The van der Waals surface area contributed by atoms with E-state index in [4.69, 9.17) is 0 Å². The van der Waals surface area contributed by atoms with E-state index in [1.54, 1.807) is 29.2 Å². The summed E-state index contributed by atoms with van der Waals surface area (Å²) in [6.45, 7) is 3.01. The number of amides is 5. The number of likely N-dealkylation sites (tertiary alicyclic amines) is 1. The van der Waals surface area contributed by atoms with Crippen LogP contribution in [-0.2, 0) is 20.8 Å². The summed E-state index contributed by atoms with van der Waals surface area (Å²) in [6, 6.07) is 15.0. The highest BCUT2D eigenvalue weighted by Gasteiger charge is 2.40. The number of fused-ring (bicyclic) bond motifs is 1. The molecule has 0 aromatic heterocycles. The standard InChI is InChI=1S/C37H43BrN4O5/c1-2-39-34(44)32(23-25-13-5-3-6-14-25)41-22-20-27(26-15-7-4-8-16-26)24-31(37(41)47)40-33(43)30(38)19-11-12-21-42-35(45)28-17-9-10-18-29(28)36(42)46/h3-10,13-15,17-18,26-27,30-32H,2,11-12,16,19-24H2,1H3,(H,39,44)(H,40,43)/t26?,27-,30?,31?,32-/m0/s1. The second kappa shape index (κ2) is 16.2. The largest absolute Gasteiger partial charge is 0.355 e. The molecule has 1 aliphatic carbocycles. The number of rotatable bonds is 13. The van der Waals surface area contributed by atoms with E-state index in [0.717, 1.165) is 18.4 Å². The predicted octanol–water partition coefficient (Wildman–Crippen LogP) is 4.82. The number of imide groups is 1. The number of carbonyl (C=O) groups excluding carboxylic acids is 5. The van der Waals surface area contributed by atoms with Crippen LogP contribution in [0.1, 0.15) is 71.7 Å². The van der Waals surface area contributed by atoms with Gasteiger partial charge in [-0.15, -0.1) is 0 Å². The normalized spacial score (nSPS) is 22.1. The zero-order valence-electron chi connectivity index (χ0n) is 26.8. The van der Waals surface area contributed by atoms with E-state index in [9.17, 15) is 24.0 Å². The van der Waals surface area contributed by atoms with Crippen molar-refractivity contribution >= 4 is 45.5 Å². The fourth-order valence-corrected chi connectivity index (χ4v) is 7.26. The van der Waals surface area contributed by atoms with Crippen LogP contribution in [0, 0.1) is 11.8 Å². The van der Waals surface area contributed by atoms with Gasteiger partial charge < -0.3 is 15.5 Å². The Morgan fingerprint density at radius 3 is 2.30 bits per heavy atom. The second-order valence-corrected chi connectivity index (χ2v) is 13.6. The summed E-state index contributed by atoms with van der Waals surface area (Å²) >= 11 is 3.53. The molecule has 5 atom stereocenters. The van der Waals surface area contributed by atoms with Crippen molar-refractivity contribution < 1.29 is 24.0 Å². The first-order valence-electron chi connectivity index (χ1n) is 16.6. The molecule has 3 unspecified atom stereocenters. The van der Waals surface area contributed by atoms with Gasteiger partial charge in [-0.05, 0) is 68.6 Å². The van der Waals surface area contributed by atoms with Crippen molar-refractivity contribution in [3.63, 3.8) is 0 Å². The predicted molar refractivity (Wildman–Crippen MR) is 184 cm³/mol. The number of halogens is 1. The van der Waals surface area contributed by atoms with Crippen LogP contribution in [0.2, 0.25) is 0 Å². The molecule has 0 bridgehead atoms. The molecule has 10 heteroatoms. The Balaban J connectivity index is 1.24. The van der Waals surface area contributed by atoms with E-state index in [-0.39, 0.29) is 47.9 Å². The topological polar surface area (TPSA) is 116 Å². The molecule has 2 aromatic carbocycles. The third-order valence-electron chi connectivity index (χ3n) is 9.35. The lowest BCUT2D eigenvalue weighted by atomic mass is 9.81. The van der Waals surface area contributed by atoms with Crippen LogP contribution in [0.4, 0.5) is 0 Å². The van der Waals surface area contributed by atoms with E-state index >= 15 is 0 Å². The highest BCUT2D eigenvalue weighted by molar-refractivity contribution is 9.10. The number of likely N-dealkylation sites (N-methyl/N-ethyl adjacent to an activating group) is 1. The Hall–Kier alpha value is -4.05. The number of carbonyl (C=O) groups is 5. The summed E-state index contributed by atoms with van der Waals surface area (Å²) in [5, 5.41) is 5.95. The van der Waals surface area contributed by atoms with Gasteiger partial charge in [0.05, 0.1) is 16.0 Å². The highest BCUT2D eigenvalue weighted by Crippen LogP contribution is 2.32. The highest BCUT2D eigenvalue weighted by atomic mass is 79.9. The fraction of sp³-hybridized carbons (Fsp3) is 0.432. The van der Waals surface area contributed by atoms with Crippen LogP contribution in [-0.4, -0.2) is 75.9 Å². The third kappa shape index (κ3) is 8.27. The van der Waals surface area contributed by atoms with Crippen molar-refractivity contribution in [1.29, 1.82) is 0 Å². The number of nitrogens with one attached hydrogen (secondary N) is 2. The number of unbranched alkanes of at least 4 members (excludes halogenated alkanes) is 1. The Bertz CT molecular complexity index is 1490. The van der Waals surface area contributed by atoms with Crippen molar-refractivity contribution in [3.8, 4) is 0 Å². The lowest BCUT2D eigenvalue weighted by Gasteiger charge is -2.32. The smallest absolute Gasteiger partial charge is 0.261 e. The Kier molecular flexibility index (Phi) is 11.8. The molecule has 2 heterocycles. The number of benzene rings is 2. The van der Waals surface area contributed by atoms with E-state index < -0.39 is 16.9 Å². The average Bonchev–Trinajstić information content (AvgIpc) is 3.22. The minimum Gasteiger partial charge on any atom is -0.355 e. The maximum atomic E-state index is 14.2. The monoisotopic (exact) mass is 702 g/mol. The average molecular weight is 704 g/mol. The first-order chi connectivity index (χ1) is 22.8. The number of nitrogens with zero attached hydrogens (tertiary/aromatic N) is 2. The molecule has 1 saturated heterocycles. The van der Waals surface area contributed by atoms with Gasteiger partial charge in [0.1, 0.15) is 12.1 Å². The molecule has 47 heavy (non-hydrogen) atoms. The van der Waals surface area contributed by atoms with Crippen LogP contribution >= 0.6 is 15.9 Å². The first-order valence-corrected chi connectivity index (χ1v) is 17.5. The van der Waals surface area contributed by atoms with E-state index in [0.29, 0.717) is 56.3 Å². The van der Waals surface area contributed by atoms with Gasteiger partial charge in [-0.1, -0.05) is 89.1 Å². The maximum Gasteiger partial charge on any atom is 0.261 e. The van der Waals surface area contributed by atoms with E-state index in [1.165, 1.54) is 4.90 Å². The Morgan fingerprint density at radius 1 is 0.936 bits per heavy atom. The van der Waals surface area contributed by atoms with Crippen molar-refractivity contribution in [2.24, 2.45) is 11.8 Å². The summed E-state index contributed by atoms with van der Waals surface area (Å²) in [7, 11) is 0. The molecule has 2 aromatic rings. The molecule has 2 aliphatic heterocycles. The zero-order valence-corrected chi connectivity index (χ0v) is 28.4. The van der Waals surface area contributed by atoms with Gasteiger partial charge in [-0.2, -0.15) is 0 Å². The summed E-state index contributed by atoms with van der Waals surface area (Å²) in [5.74, 6) is -0.917. The van der Waals surface area contributed by atoms with Crippen LogP contribution in [0.3, 0.4) is 0 Å². The van der Waals surface area contributed by atoms with Gasteiger partial charge in [-0.3, -0.25) is 28.9 Å². The van der Waals surface area contributed by atoms with Crippen molar-refractivity contribution in [3.05, 3.63) is 95.6 Å². The number of alkyl halides is 1. The van der Waals surface area contributed by atoms with Crippen LogP contribution < -0.4 is 10.6 Å². The third-order valence-corrected chi connectivity index (χ3v) is 10.2. The molecule has 0 spiro atoms. The van der Waals surface area contributed by atoms with Crippen LogP contribution in [0.25, 0.3) is 0 Å². The van der Waals surface area contributed by atoms with E-state index in [1.807, 2.05) is 49.4 Å².